The molecule has 1 fully saturated rings. The summed E-state index contributed by atoms with van der Waals surface area (Å²) in [5.41, 5.74) is 2.90. The monoisotopic (exact) mass is 402 g/mol. The van der Waals surface area contributed by atoms with Gasteiger partial charge in [-0.3, -0.25) is 9.69 Å². The Labute approximate surface area is 171 Å². The van der Waals surface area contributed by atoms with Crippen LogP contribution in [0.3, 0.4) is 0 Å². The lowest BCUT2D eigenvalue weighted by Crippen LogP contribution is -2.41. The van der Waals surface area contributed by atoms with Crippen molar-refractivity contribution >= 4 is 17.5 Å². The summed E-state index contributed by atoms with van der Waals surface area (Å²) >= 11 is 6.14. The molecule has 0 unspecified atom stereocenters. The van der Waals surface area contributed by atoms with Gasteiger partial charge >= 0.3 is 0 Å². The number of nitrogens with zero attached hydrogens (tertiary/aromatic N) is 1. The third-order valence-electron chi connectivity index (χ3n) is 5.61. The Hall–Kier alpha value is -1.91. The van der Waals surface area contributed by atoms with E-state index in [0.717, 1.165) is 37.9 Å². The number of rotatable bonds is 6. The number of carbonyl (C=O) groups excluding carboxylic acids is 1. The summed E-state index contributed by atoms with van der Waals surface area (Å²) in [6.45, 7) is 6.17. The van der Waals surface area contributed by atoms with Gasteiger partial charge in [-0.15, -0.1) is 0 Å². The quantitative estimate of drug-likeness (QED) is 0.714. The number of hydrogen-bond donors (Lipinski definition) is 1. The minimum Gasteiger partial charge on any atom is -0.349 e. The Morgan fingerprint density at radius 2 is 1.89 bits per heavy atom. The molecule has 0 radical (unpaired) electrons. The van der Waals surface area contributed by atoms with E-state index in [1.54, 1.807) is 12.1 Å². The van der Waals surface area contributed by atoms with Crippen LogP contribution in [-0.4, -0.2) is 23.9 Å². The van der Waals surface area contributed by atoms with E-state index in [1.807, 2.05) is 0 Å². The predicted octanol–water partition coefficient (Wildman–Crippen LogP) is 5.27. The van der Waals surface area contributed by atoms with Crippen molar-refractivity contribution in [2.75, 3.05) is 13.1 Å². The molecule has 0 bridgehead atoms. The smallest absolute Gasteiger partial charge is 0.223 e. The maximum Gasteiger partial charge on any atom is 0.223 e. The van der Waals surface area contributed by atoms with Gasteiger partial charge in [-0.1, -0.05) is 54.4 Å². The first kappa shape index (κ1) is 20.8. The van der Waals surface area contributed by atoms with Gasteiger partial charge < -0.3 is 5.32 Å². The normalized spacial score (nSPS) is 16.7. The van der Waals surface area contributed by atoms with Crippen molar-refractivity contribution < 1.29 is 9.18 Å². The van der Waals surface area contributed by atoms with E-state index in [-0.39, 0.29) is 23.7 Å². The average Bonchev–Trinajstić information content (AvgIpc) is 2.70. The van der Waals surface area contributed by atoms with Crippen LogP contribution < -0.4 is 5.32 Å². The number of halogens is 2. The van der Waals surface area contributed by atoms with Crippen molar-refractivity contribution in [3.63, 3.8) is 0 Å². The summed E-state index contributed by atoms with van der Waals surface area (Å²) in [5, 5.41) is 3.68. The first-order chi connectivity index (χ1) is 13.5. The largest absolute Gasteiger partial charge is 0.349 e. The van der Waals surface area contributed by atoms with Crippen LogP contribution in [0.1, 0.15) is 48.9 Å². The highest BCUT2D eigenvalue weighted by Crippen LogP contribution is 2.25. The van der Waals surface area contributed by atoms with Crippen LogP contribution in [0.5, 0.6) is 0 Å². The molecule has 3 rings (SSSR count). The van der Waals surface area contributed by atoms with E-state index < -0.39 is 0 Å². The zero-order valence-electron chi connectivity index (χ0n) is 16.6. The molecule has 0 aliphatic carbocycles. The van der Waals surface area contributed by atoms with Crippen molar-refractivity contribution in [1.29, 1.82) is 0 Å². The van der Waals surface area contributed by atoms with Gasteiger partial charge in [0.1, 0.15) is 5.82 Å². The molecule has 2 aromatic carbocycles. The van der Waals surface area contributed by atoms with Crippen LogP contribution in [-0.2, 0) is 11.3 Å². The zero-order chi connectivity index (χ0) is 20.1. The van der Waals surface area contributed by atoms with Gasteiger partial charge in [0.25, 0.3) is 0 Å². The Balaban J connectivity index is 1.54. The van der Waals surface area contributed by atoms with Gasteiger partial charge in [0, 0.05) is 23.0 Å². The highest BCUT2D eigenvalue weighted by Gasteiger charge is 2.27. The molecule has 1 aliphatic rings. The minimum absolute atomic E-state index is 0.00633. The molecular weight excluding hydrogens is 375 g/mol. The Kier molecular flexibility index (Phi) is 7.08. The van der Waals surface area contributed by atoms with Gasteiger partial charge in [0.05, 0.1) is 6.04 Å². The summed E-state index contributed by atoms with van der Waals surface area (Å²) in [4.78, 5) is 14.9. The van der Waals surface area contributed by atoms with Crippen LogP contribution in [0.4, 0.5) is 4.39 Å². The van der Waals surface area contributed by atoms with Crippen molar-refractivity contribution in [1.82, 2.24) is 10.2 Å². The van der Waals surface area contributed by atoms with Crippen molar-refractivity contribution in [2.24, 2.45) is 5.92 Å². The van der Waals surface area contributed by atoms with Gasteiger partial charge in [-0.05, 0) is 57.0 Å². The summed E-state index contributed by atoms with van der Waals surface area (Å²) in [6.07, 6.45) is 2.42. The highest BCUT2D eigenvalue weighted by atomic mass is 35.5. The average molecular weight is 403 g/mol. The second kappa shape index (κ2) is 9.53. The first-order valence-corrected chi connectivity index (χ1v) is 10.4. The Morgan fingerprint density at radius 1 is 1.21 bits per heavy atom. The number of nitrogens with one attached hydrogen (secondary N) is 1. The molecule has 1 atom stereocenters. The number of carbonyl (C=O) groups is 1. The van der Waals surface area contributed by atoms with E-state index in [4.69, 9.17) is 11.6 Å². The molecular formula is C23H28ClFN2O. The fourth-order valence-electron chi connectivity index (χ4n) is 3.77. The maximum absolute atomic E-state index is 14.0. The zero-order valence-corrected chi connectivity index (χ0v) is 17.3. The van der Waals surface area contributed by atoms with Crippen molar-refractivity contribution in [3.05, 3.63) is 70.0 Å². The van der Waals surface area contributed by atoms with Gasteiger partial charge in [0.15, 0.2) is 0 Å². The second-order valence-electron chi connectivity index (χ2n) is 7.63. The summed E-state index contributed by atoms with van der Waals surface area (Å²) in [6, 6.07) is 13.2. The molecule has 2 aromatic rings. The van der Waals surface area contributed by atoms with Crippen LogP contribution in [0.25, 0.3) is 0 Å². The third-order valence-corrected chi connectivity index (χ3v) is 5.96. The highest BCUT2D eigenvalue weighted by molar-refractivity contribution is 6.31. The van der Waals surface area contributed by atoms with Gasteiger partial charge in [0.2, 0.25) is 5.91 Å². The molecule has 1 amide bonds. The van der Waals surface area contributed by atoms with E-state index in [0.29, 0.717) is 17.1 Å². The number of piperidine rings is 1. The SMILES string of the molecule is CC[C@H](NC(=O)C1CCN(Cc2c(F)cccc2Cl)CC1)c1ccc(C)cc1. The molecule has 1 aliphatic heterocycles. The number of hydrogen-bond acceptors (Lipinski definition) is 2. The number of amides is 1. The van der Waals surface area contributed by atoms with E-state index in [2.05, 4.69) is 48.3 Å². The van der Waals surface area contributed by atoms with Crippen LogP contribution in [0, 0.1) is 18.7 Å². The minimum atomic E-state index is -0.267. The van der Waals surface area contributed by atoms with E-state index >= 15 is 0 Å². The van der Waals surface area contributed by atoms with Crippen LogP contribution in [0.15, 0.2) is 42.5 Å². The molecule has 3 nitrogen and oxygen atoms in total. The predicted molar refractivity (Wildman–Crippen MR) is 112 cm³/mol. The summed E-state index contributed by atoms with van der Waals surface area (Å²) in [7, 11) is 0. The van der Waals surface area contributed by atoms with Crippen LogP contribution >= 0.6 is 11.6 Å². The van der Waals surface area contributed by atoms with Gasteiger partial charge in [-0.25, -0.2) is 4.39 Å². The van der Waals surface area contributed by atoms with Gasteiger partial charge in [-0.2, -0.15) is 0 Å². The third kappa shape index (κ3) is 5.12. The standard InChI is InChI=1S/C23H28ClFN2O/c1-3-22(17-9-7-16(2)8-10-17)26-23(28)18-11-13-27(14-12-18)15-19-20(24)5-4-6-21(19)25/h4-10,18,22H,3,11-15H2,1-2H3,(H,26,28)/t22-/m0/s1. The molecule has 1 heterocycles. The Morgan fingerprint density at radius 3 is 2.50 bits per heavy atom. The van der Waals surface area contributed by atoms with E-state index in [9.17, 15) is 9.18 Å². The summed E-state index contributed by atoms with van der Waals surface area (Å²) in [5.74, 6) is -0.140. The molecule has 28 heavy (non-hydrogen) atoms. The Bertz CT molecular complexity index is 780. The first-order valence-electron chi connectivity index (χ1n) is 10.00. The van der Waals surface area contributed by atoms with E-state index in [1.165, 1.54) is 11.6 Å². The van der Waals surface area contributed by atoms with Crippen LogP contribution in [0.2, 0.25) is 5.02 Å². The maximum atomic E-state index is 14.0. The van der Waals surface area contributed by atoms with Crippen molar-refractivity contribution in [3.8, 4) is 0 Å². The lowest BCUT2D eigenvalue weighted by molar-refractivity contribution is -0.127. The summed E-state index contributed by atoms with van der Waals surface area (Å²) < 4.78 is 14.0. The molecule has 5 heteroatoms. The fourth-order valence-corrected chi connectivity index (χ4v) is 3.99. The molecule has 0 saturated carbocycles. The topological polar surface area (TPSA) is 32.3 Å². The molecule has 0 spiro atoms. The second-order valence-corrected chi connectivity index (χ2v) is 8.04. The lowest BCUT2D eigenvalue weighted by Gasteiger charge is -2.32. The number of benzene rings is 2. The van der Waals surface area contributed by atoms with Crippen molar-refractivity contribution in [2.45, 2.75) is 45.7 Å². The number of likely N-dealkylation sites (tertiary alicyclic amines) is 1. The lowest BCUT2D eigenvalue weighted by atomic mass is 9.94. The number of aryl methyl sites for hydroxylation is 1. The molecule has 0 aromatic heterocycles. The molecule has 1 saturated heterocycles. The molecule has 1 N–H and O–H groups in total. The molecule has 150 valence electrons. The fraction of sp³-hybridized carbons (Fsp3) is 0.435.